The Morgan fingerprint density at radius 1 is 0.882 bits per heavy atom. The third-order valence-corrected chi connectivity index (χ3v) is 4.37. The number of sulfonamides is 1. The van der Waals surface area contributed by atoms with E-state index >= 15 is 0 Å². The summed E-state index contributed by atoms with van der Waals surface area (Å²) in [7, 11) is -3.44. The molecule has 4 heteroatoms. The average molecular weight is 245 g/mol. The van der Waals surface area contributed by atoms with Gasteiger partial charge in [0.05, 0.1) is 10.6 Å². The lowest BCUT2D eigenvalue weighted by atomic mass is 10.0. The Bertz CT molecular complexity index is 677. The van der Waals surface area contributed by atoms with Crippen molar-refractivity contribution in [1.82, 2.24) is 0 Å². The van der Waals surface area contributed by atoms with Crippen LogP contribution in [0.25, 0.3) is 0 Å². The van der Waals surface area contributed by atoms with Gasteiger partial charge in [0.2, 0.25) is 0 Å². The van der Waals surface area contributed by atoms with E-state index in [0.29, 0.717) is 17.0 Å². The standard InChI is InChI=1S/C13H11NO2S/c15-17(16)13-8-4-2-6-11(13)9-10-5-1-3-7-12(10)14-17/h1-8,14H,9H2. The Morgan fingerprint density at radius 2 is 1.53 bits per heavy atom. The summed E-state index contributed by atoms with van der Waals surface area (Å²) in [4.78, 5) is 0.371. The molecular formula is C13H11NO2S. The van der Waals surface area contributed by atoms with Crippen molar-refractivity contribution in [2.45, 2.75) is 11.3 Å². The zero-order chi connectivity index (χ0) is 11.9. The van der Waals surface area contributed by atoms with Gasteiger partial charge in [0.1, 0.15) is 0 Å². The molecule has 2 aromatic rings. The van der Waals surface area contributed by atoms with Crippen molar-refractivity contribution in [1.29, 1.82) is 0 Å². The molecule has 1 heterocycles. The molecular weight excluding hydrogens is 234 g/mol. The topological polar surface area (TPSA) is 46.2 Å². The first-order valence-electron chi connectivity index (χ1n) is 5.35. The SMILES string of the molecule is O=S1(=O)Nc2ccccc2Cc2ccccc21. The summed E-state index contributed by atoms with van der Waals surface area (Å²) >= 11 is 0. The molecule has 1 aliphatic rings. The largest absolute Gasteiger partial charge is 0.279 e. The van der Waals surface area contributed by atoms with Crippen molar-refractivity contribution >= 4 is 15.7 Å². The van der Waals surface area contributed by atoms with Crippen LogP contribution in [-0.4, -0.2) is 8.42 Å². The monoisotopic (exact) mass is 245 g/mol. The normalized spacial score (nSPS) is 16.2. The van der Waals surface area contributed by atoms with Crippen LogP contribution in [0.5, 0.6) is 0 Å². The van der Waals surface area contributed by atoms with Crippen LogP contribution in [-0.2, 0) is 16.4 Å². The van der Waals surface area contributed by atoms with Crippen molar-refractivity contribution in [2.24, 2.45) is 0 Å². The van der Waals surface area contributed by atoms with E-state index in [9.17, 15) is 8.42 Å². The predicted octanol–water partition coefficient (Wildman–Crippen LogP) is 2.39. The minimum atomic E-state index is -3.44. The molecule has 0 fully saturated rings. The number of nitrogens with one attached hydrogen (secondary N) is 1. The molecule has 0 atom stereocenters. The van der Waals surface area contributed by atoms with Crippen molar-refractivity contribution < 1.29 is 8.42 Å². The Kier molecular flexibility index (Phi) is 2.19. The maximum Gasteiger partial charge on any atom is 0.262 e. The van der Waals surface area contributed by atoms with Gasteiger partial charge in [0.15, 0.2) is 0 Å². The molecule has 0 aromatic heterocycles. The van der Waals surface area contributed by atoms with E-state index < -0.39 is 10.0 Å². The number of para-hydroxylation sites is 1. The molecule has 0 radical (unpaired) electrons. The van der Waals surface area contributed by atoms with Gasteiger partial charge >= 0.3 is 0 Å². The fraction of sp³-hybridized carbons (Fsp3) is 0.0769. The molecule has 0 amide bonds. The molecule has 0 saturated carbocycles. The number of fused-ring (bicyclic) bond motifs is 2. The Morgan fingerprint density at radius 3 is 2.35 bits per heavy atom. The summed E-state index contributed by atoms with van der Waals surface area (Å²) in [6, 6.07) is 14.6. The average Bonchev–Trinajstić information content (AvgIpc) is 2.42. The van der Waals surface area contributed by atoms with Crippen molar-refractivity contribution in [3.8, 4) is 0 Å². The Hall–Kier alpha value is -1.81. The van der Waals surface area contributed by atoms with Crippen LogP contribution in [0, 0.1) is 0 Å². The van der Waals surface area contributed by atoms with E-state index in [-0.39, 0.29) is 0 Å². The number of anilines is 1. The predicted molar refractivity (Wildman–Crippen MR) is 66.5 cm³/mol. The summed E-state index contributed by atoms with van der Waals surface area (Å²) in [5.74, 6) is 0. The van der Waals surface area contributed by atoms with Crippen molar-refractivity contribution in [2.75, 3.05) is 4.72 Å². The second kappa shape index (κ2) is 3.60. The number of hydrogen-bond acceptors (Lipinski definition) is 2. The lowest BCUT2D eigenvalue weighted by Crippen LogP contribution is -2.12. The minimum absolute atomic E-state index is 0.371. The number of benzene rings is 2. The lowest BCUT2D eigenvalue weighted by molar-refractivity contribution is 0.601. The van der Waals surface area contributed by atoms with Crippen LogP contribution in [0.2, 0.25) is 0 Å². The summed E-state index contributed by atoms with van der Waals surface area (Å²) in [5, 5.41) is 0. The molecule has 17 heavy (non-hydrogen) atoms. The van der Waals surface area contributed by atoms with Gasteiger partial charge in [-0.1, -0.05) is 36.4 Å². The number of hydrogen-bond donors (Lipinski definition) is 1. The molecule has 0 unspecified atom stereocenters. The highest BCUT2D eigenvalue weighted by Crippen LogP contribution is 2.29. The van der Waals surface area contributed by atoms with Gasteiger partial charge < -0.3 is 0 Å². The molecule has 3 nitrogen and oxygen atoms in total. The maximum absolute atomic E-state index is 12.1. The molecule has 0 bridgehead atoms. The van der Waals surface area contributed by atoms with Gasteiger partial charge in [-0.2, -0.15) is 0 Å². The third kappa shape index (κ3) is 1.70. The van der Waals surface area contributed by atoms with Gasteiger partial charge in [-0.05, 0) is 23.3 Å². The minimum Gasteiger partial charge on any atom is -0.279 e. The molecule has 0 saturated heterocycles. The van der Waals surface area contributed by atoms with Gasteiger partial charge in [-0.3, -0.25) is 4.72 Å². The molecule has 0 aliphatic carbocycles. The molecule has 0 spiro atoms. The summed E-state index contributed by atoms with van der Waals surface area (Å²) in [6.45, 7) is 0. The zero-order valence-corrected chi connectivity index (χ0v) is 9.87. The summed E-state index contributed by atoms with van der Waals surface area (Å²) < 4.78 is 26.9. The second-order valence-corrected chi connectivity index (χ2v) is 5.70. The van der Waals surface area contributed by atoms with Gasteiger partial charge in [0, 0.05) is 6.42 Å². The van der Waals surface area contributed by atoms with Crippen LogP contribution >= 0.6 is 0 Å². The first-order chi connectivity index (χ1) is 8.17. The highest BCUT2D eigenvalue weighted by atomic mass is 32.2. The molecule has 1 N–H and O–H groups in total. The van der Waals surface area contributed by atoms with E-state index in [1.54, 1.807) is 18.2 Å². The van der Waals surface area contributed by atoms with E-state index in [2.05, 4.69) is 4.72 Å². The smallest absolute Gasteiger partial charge is 0.262 e. The molecule has 1 aliphatic heterocycles. The van der Waals surface area contributed by atoms with E-state index in [4.69, 9.17) is 0 Å². The first kappa shape index (κ1) is 10.4. The lowest BCUT2D eigenvalue weighted by Gasteiger charge is -2.06. The van der Waals surface area contributed by atoms with E-state index in [0.717, 1.165) is 11.1 Å². The maximum atomic E-state index is 12.1. The van der Waals surface area contributed by atoms with Crippen LogP contribution < -0.4 is 4.72 Å². The highest BCUT2D eigenvalue weighted by Gasteiger charge is 2.23. The Balaban J connectivity index is 2.28. The second-order valence-electron chi connectivity index (χ2n) is 4.05. The van der Waals surface area contributed by atoms with E-state index in [1.165, 1.54) is 0 Å². The van der Waals surface area contributed by atoms with Crippen LogP contribution in [0.3, 0.4) is 0 Å². The molecule has 86 valence electrons. The van der Waals surface area contributed by atoms with Crippen LogP contribution in [0.4, 0.5) is 5.69 Å². The van der Waals surface area contributed by atoms with Crippen molar-refractivity contribution in [3.05, 3.63) is 59.7 Å². The van der Waals surface area contributed by atoms with Crippen molar-refractivity contribution in [3.63, 3.8) is 0 Å². The third-order valence-electron chi connectivity index (χ3n) is 2.90. The highest BCUT2D eigenvalue weighted by molar-refractivity contribution is 7.92. The quantitative estimate of drug-likeness (QED) is 0.774. The fourth-order valence-corrected chi connectivity index (χ4v) is 3.43. The van der Waals surface area contributed by atoms with Gasteiger partial charge in [0.25, 0.3) is 10.0 Å². The molecule has 2 aromatic carbocycles. The zero-order valence-electron chi connectivity index (χ0n) is 9.05. The first-order valence-corrected chi connectivity index (χ1v) is 6.84. The van der Waals surface area contributed by atoms with Gasteiger partial charge in [-0.25, -0.2) is 8.42 Å². The summed E-state index contributed by atoms with van der Waals surface area (Å²) in [6.07, 6.45) is 0.637. The van der Waals surface area contributed by atoms with Crippen LogP contribution in [0.1, 0.15) is 11.1 Å². The fourth-order valence-electron chi connectivity index (χ4n) is 2.09. The van der Waals surface area contributed by atoms with E-state index in [1.807, 2.05) is 30.3 Å². The van der Waals surface area contributed by atoms with Gasteiger partial charge in [-0.15, -0.1) is 0 Å². The molecule has 3 rings (SSSR count). The van der Waals surface area contributed by atoms with Crippen LogP contribution in [0.15, 0.2) is 53.4 Å². The number of rotatable bonds is 0. The Labute approximate surface area is 100 Å². The summed E-state index contributed by atoms with van der Waals surface area (Å²) in [5.41, 5.74) is 2.51.